The van der Waals surface area contributed by atoms with Gasteiger partial charge >= 0.3 is 6.18 Å². The van der Waals surface area contributed by atoms with E-state index in [2.05, 4.69) is 5.32 Å². The standard InChI is InChI=1S/C18H19F3N2O5/c1-26-13-6-11(7-14(27-2)17(13)28-3)8-22-15(24)10-23-9-12(18(19,20)21)4-5-16(23)25/h4-7,9H,8,10H2,1-3H3,(H,22,24). The van der Waals surface area contributed by atoms with Crippen molar-refractivity contribution >= 4 is 5.91 Å². The highest BCUT2D eigenvalue weighted by atomic mass is 19.4. The molecule has 0 aliphatic heterocycles. The predicted octanol–water partition coefficient (Wildman–Crippen LogP) is 2.21. The van der Waals surface area contributed by atoms with Crippen molar-refractivity contribution in [2.75, 3.05) is 21.3 Å². The van der Waals surface area contributed by atoms with Crippen LogP contribution in [0, 0.1) is 0 Å². The summed E-state index contributed by atoms with van der Waals surface area (Å²) in [5.74, 6) is 0.533. The average molecular weight is 400 g/mol. The number of carbonyl (C=O) groups excluding carboxylic acids is 1. The normalized spacial score (nSPS) is 11.1. The Hall–Kier alpha value is -3.17. The molecule has 7 nitrogen and oxygen atoms in total. The molecule has 0 aliphatic carbocycles. The Morgan fingerprint density at radius 3 is 2.18 bits per heavy atom. The third kappa shape index (κ3) is 4.96. The van der Waals surface area contributed by atoms with E-state index in [4.69, 9.17) is 14.2 Å². The molecule has 0 fully saturated rings. The van der Waals surface area contributed by atoms with E-state index in [1.807, 2.05) is 0 Å². The summed E-state index contributed by atoms with van der Waals surface area (Å²) in [4.78, 5) is 23.8. The first-order valence-electron chi connectivity index (χ1n) is 8.03. The second-order valence-electron chi connectivity index (χ2n) is 5.69. The highest BCUT2D eigenvalue weighted by Crippen LogP contribution is 2.38. The van der Waals surface area contributed by atoms with E-state index in [1.165, 1.54) is 21.3 Å². The van der Waals surface area contributed by atoms with Crippen LogP contribution in [0.15, 0.2) is 35.3 Å². The summed E-state index contributed by atoms with van der Waals surface area (Å²) in [5, 5.41) is 2.54. The topological polar surface area (TPSA) is 78.8 Å². The van der Waals surface area contributed by atoms with E-state index in [0.717, 1.165) is 6.07 Å². The molecule has 0 spiro atoms. The van der Waals surface area contributed by atoms with Crippen molar-refractivity contribution < 1.29 is 32.2 Å². The van der Waals surface area contributed by atoms with E-state index in [-0.39, 0.29) is 6.54 Å². The minimum absolute atomic E-state index is 0.0449. The lowest BCUT2D eigenvalue weighted by Gasteiger charge is -2.15. The highest BCUT2D eigenvalue weighted by Gasteiger charge is 2.31. The number of carbonyl (C=O) groups is 1. The number of pyridine rings is 1. The third-order valence-electron chi connectivity index (χ3n) is 3.84. The van der Waals surface area contributed by atoms with E-state index in [0.29, 0.717) is 39.6 Å². The molecule has 1 amide bonds. The molecule has 28 heavy (non-hydrogen) atoms. The van der Waals surface area contributed by atoms with E-state index >= 15 is 0 Å². The first-order chi connectivity index (χ1) is 13.2. The number of nitrogens with one attached hydrogen (secondary N) is 1. The lowest BCUT2D eigenvalue weighted by Crippen LogP contribution is -2.32. The van der Waals surface area contributed by atoms with Crippen molar-refractivity contribution in [3.63, 3.8) is 0 Å². The molecule has 1 heterocycles. The van der Waals surface area contributed by atoms with Gasteiger partial charge in [-0.05, 0) is 23.8 Å². The minimum Gasteiger partial charge on any atom is -0.493 e. The highest BCUT2D eigenvalue weighted by molar-refractivity contribution is 5.75. The Balaban J connectivity index is 2.12. The molecule has 2 rings (SSSR count). The van der Waals surface area contributed by atoms with Gasteiger partial charge in [0.25, 0.3) is 5.56 Å². The van der Waals surface area contributed by atoms with Crippen LogP contribution in [-0.2, 0) is 24.1 Å². The molecule has 10 heteroatoms. The zero-order valence-electron chi connectivity index (χ0n) is 15.4. The van der Waals surface area contributed by atoms with Crippen LogP contribution in [0.1, 0.15) is 11.1 Å². The van der Waals surface area contributed by atoms with Gasteiger partial charge in [-0.3, -0.25) is 9.59 Å². The SMILES string of the molecule is COc1cc(CNC(=O)Cn2cc(C(F)(F)F)ccc2=O)cc(OC)c1OC. The second-order valence-corrected chi connectivity index (χ2v) is 5.69. The van der Waals surface area contributed by atoms with Gasteiger partial charge in [0.1, 0.15) is 6.54 Å². The zero-order valence-corrected chi connectivity index (χ0v) is 15.4. The maximum Gasteiger partial charge on any atom is 0.417 e. The predicted molar refractivity (Wildman–Crippen MR) is 93.6 cm³/mol. The number of aromatic nitrogens is 1. The average Bonchev–Trinajstić information content (AvgIpc) is 2.66. The summed E-state index contributed by atoms with van der Waals surface area (Å²) in [7, 11) is 4.34. The van der Waals surface area contributed by atoms with Crippen LogP contribution >= 0.6 is 0 Å². The Morgan fingerprint density at radius 1 is 1.07 bits per heavy atom. The van der Waals surface area contributed by atoms with Gasteiger partial charge in [0.15, 0.2) is 11.5 Å². The van der Waals surface area contributed by atoms with Gasteiger partial charge in [0.2, 0.25) is 11.7 Å². The van der Waals surface area contributed by atoms with Gasteiger partial charge in [-0.2, -0.15) is 13.2 Å². The van der Waals surface area contributed by atoms with Crippen LogP contribution in [0.25, 0.3) is 0 Å². The van der Waals surface area contributed by atoms with Crippen molar-refractivity contribution in [2.45, 2.75) is 19.3 Å². The number of methoxy groups -OCH3 is 3. The van der Waals surface area contributed by atoms with Gasteiger partial charge in [-0.1, -0.05) is 0 Å². The number of halogens is 3. The van der Waals surface area contributed by atoms with Crippen molar-refractivity contribution in [2.24, 2.45) is 0 Å². The van der Waals surface area contributed by atoms with Crippen molar-refractivity contribution in [1.29, 1.82) is 0 Å². The van der Waals surface area contributed by atoms with E-state index in [9.17, 15) is 22.8 Å². The van der Waals surface area contributed by atoms with E-state index < -0.39 is 29.8 Å². The molecule has 1 aromatic carbocycles. The van der Waals surface area contributed by atoms with Crippen LogP contribution < -0.4 is 25.1 Å². The summed E-state index contributed by atoms with van der Waals surface area (Å²) < 4.78 is 54.6. The first-order valence-corrected chi connectivity index (χ1v) is 8.03. The Morgan fingerprint density at radius 2 is 1.68 bits per heavy atom. The lowest BCUT2D eigenvalue weighted by atomic mass is 10.1. The number of hydrogen-bond donors (Lipinski definition) is 1. The van der Waals surface area contributed by atoms with Crippen LogP contribution in [0.4, 0.5) is 13.2 Å². The number of ether oxygens (including phenoxy) is 3. The Bertz CT molecular complexity index is 884. The molecule has 1 aromatic heterocycles. The fourth-order valence-electron chi connectivity index (χ4n) is 2.47. The maximum atomic E-state index is 12.8. The van der Waals surface area contributed by atoms with Crippen LogP contribution in [-0.4, -0.2) is 31.8 Å². The lowest BCUT2D eigenvalue weighted by molar-refractivity contribution is -0.138. The van der Waals surface area contributed by atoms with Crippen LogP contribution in [0.5, 0.6) is 17.2 Å². The second kappa shape index (κ2) is 8.68. The van der Waals surface area contributed by atoms with Crippen LogP contribution in [0.3, 0.4) is 0 Å². The summed E-state index contributed by atoms with van der Waals surface area (Å²) in [5.41, 5.74) is -1.11. The molecule has 152 valence electrons. The quantitative estimate of drug-likeness (QED) is 0.771. The Kier molecular flexibility index (Phi) is 6.55. The molecule has 0 radical (unpaired) electrons. The summed E-state index contributed by atoms with van der Waals surface area (Å²) >= 11 is 0. The summed E-state index contributed by atoms with van der Waals surface area (Å²) in [6.45, 7) is -0.504. The minimum atomic E-state index is -4.61. The summed E-state index contributed by atoms with van der Waals surface area (Å²) in [6, 6.07) is 4.69. The molecule has 0 saturated heterocycles. The van der Waals surface area contributed by atoms with Crippen LogP contribution in [0.2, 0.25) is 0 Å². The monoisotopic (exact) mass is 400 g/mol. The molecule has 0 unspecified atom stereocenters. The number of nitrogens with zero attached hydrogens (tertiary/aromatic N) is 1. The fraction of sp³-hybridized carbons (Fsp3) is 0.333. The number of rotatable bonds is 7. The van der Waals surface area contributed by atoms with Gasteiger partial charge in [0.05, 0.1) is 26.9 Å². The largest absolute Gasteiger partial charge is 0.493 e. The fourth-order valence-corrected chi connectivity index (χ4v) is 2.47. The van der Waals surface area contributed by atoms with Crippen molar-refractivity contribution in [1.82, 2.24) is 9.88 Å². The van der Waals surface area contributed by atoms with Gasteiger partial charge < -0.3 is 24.1 Å². The molecule has 2 aromatic rings. The molecule has 0 atom stereocenters. The number of alkyl halides is 3. The number of amides is 1. The van der Waals surface area contributed by atoms with Crippen molar-refractivity contribution in [3.8, 4) is 17.2 Å². The zero-order chi connectivity index (χ0) is 20.9. The molecule has 0 aliphatic rings. The van der Waals surface area contributed by atoms with Gasteiger partial charge in [-0.25, -0.2) is 0 Å². The summed E-state index contributed by atoms with van der Waals surface area (Å²) in [6.07, 6.45) is -4.00. The molecule has 0 bridgehead atoms. The molecular formula is C18H19F3N2O5. The van der Waals surface area contributed by atoms with Crippen molar-refractivity contribution in [3.05, 3.63) is 51.9 Å². The maximum absolute atomic E-state index is 12.8. The van der Waals surface area contributed by atoms with Gasteiger partial charge in [-0.15, -0.1) is 0 Å². The van der Waals surface area contributed by atoms with Gasteiger partial charge in [0, 0.05) is 18.8 Å². The number of hydrogen-bond acceptors (Lipinski definition) is 5. The molecular weight excluding hydrogens is 381 g/mol. The third-order valence-corrected chi connectivity index (χ3v) is 3.84. The Labute approximate surface area is 158 Å². The van der Waals surface area contributed by atoms with E-state index in [1.54, 1.807) is 12.1 Å². The molecule has 0 saturated carbocycles. The smallest absolute Gasteiger partial charge is 0.417 e. The number of benzene rings is 1. The first kappa shape index (κ1) is 21.1. The molecule has 1 N–H and O–H groups in total.